The minimum absolute atomic E-state index is 0.345. The molecule has 84 valence electrons. The highest BCUT2D eigenvalue weighted by Crippen LogP contribution is 2.32. The third-order valence-corrected chi connectivity index (χ3v) is 3.49. The summed E-state index contributed by atoms with van der Waals surface area (Å²) >= 11 is 0. The molecule has 1 heterocycles. The molecule has 0 saturated heterocycles. The molecular weight excluding hydrogens is 182 g/mol. The van der Waals surface area contributed by atoms with Gasteiger partial charge in [-0.25, -0.2) is 0 Å². The summed E-state index contributed by atoms with van der Waals surface area (Å²) in [7, 11) is 0. The maximum absolute atomic E-state index is 4.09. The molecule has 1 nitrogen and oxygen atoms in total. The summed E-state index contributed by atoms with van der Waals surface area (Å²) < 4.78 is 0. The lowest BCUT2D eigenvalue weighted by Gasteiger charge is -2.28. The van der Waals surface area contributed by atoms with Gasteiger partial charge in [0.25, 0.3) is 0 Å². The van der Waals surface area contributed by atoms with Crippen molar-refractivity contribution in [3.63, 3.8) is 0 Å². The normalized spacial score (nSPS) is 14.9. The van der Waals surface area contributed by atoms with Gasteiger partial charge in [0.15, 0.2) is 0 Å². The van der Waals surface area contributed by atoms with E-state index in [1.807, 2.05) is 12.4 Å². The number of hydrogen-bond donors (Lipinski definition) is 0. The van der Waals surface area contributed by atoms with Crippen molar-refractivity contribution in [2.45, 2.75) is 58.3 Å². The standard InChI is InChI=1S/C14H23N/c1-4-6-7-10-14(3,5-2)13-8-11-15-12-9-13/h8-9,11-12H,4-7,10H2,1-3H3. The second-order valence-corrected chi connectivity index (χ2v) is 4.61. The fraction of sp³-hybridized carbons (Fsp3) is 0.643. The van der Waals surface area contributed by atoms with Gasteiger partial charge in [0, 0.05) is 12.4 Å². The molecule has 1 heteroatoms. The second-order valence-electron chi connectivity index (χ2n) is 4.61. The molecule has 1 aromatic rings. The summed E-state index contributed by atoms with van der Waals surface area (Å²) in [4.78, 5) is 4.09. The number of nitrogens with zero attached hydrogens (tertiary/aromatic N) is 1. The molecular formula is C14H23N. The number of rotatable bonds is 6. The van der Waals surface area contributed by atoms with Crippen molar-refractivity contribution in [3.8, 4) is 0 Å². The molecule has 0 N–H and O–H groups in total. The van der Waals surface area contributed by atoms with Crippen molar-refractivity contribution >= 4 is 0 Å². The molecule has 0 fully saturated rings. The number of unbranched alkanes of at least 4 members (excludes halogenated alkanes) is 2. The Morgan fingerprint density at radius 2 is 1.80 bits per heavy atom. The zero-order valence-electron chi connectivity index (χ0n) is 10.3. The average Bonchev–Trinajstić information content (AvgIpc) is 2.30. The first-order chi connectivity index (χ1) is 7.23. The van der Waals surface area contributed by atoms with Crippen molar-refractivity contribution in [2.75, 3.05) is 0 Å². The van der Waals surface area contributed by atoms with Gasteiger partial charge < -0.3 is 0 Å². The molecule has 1 rings (SSSR count). The molecule has 0 aliphatic heterocycles. The van der Waals surface area contributed by atoms with Crippen LogP contribution in [-0.2, 0) is 5.41 Å². The fourth-order valence-corrected chi connectivity index (χ4v) is 2.04. The minimum Gasteiger partial charge on any atom is -0.265 e. The number of aromatic nitrogens is 1. The Bertz CT molecular complexity index is 268. The molecule has 1 aromatic heterocycles. The van der Waals surface area contributed by atoms with Crippen LogP contribution in [0.25, 0.3) is 0 Å². The van der Waals surface area contributed by atoms with E-state index in [-0.39, 0.29) is 0 Å². The van der Waals surface area contributed by atoms with E-state index in [9.17, 15) is 0 Å². The predicted octanol–water partition coefficient (Wildman–Crippen LogP) is 4.33. The summed E-state index contributed by atoms with van der Waals surface area (Å²) in [5.41, 5.74) is 1.79. The van der Waals surface area contributed by atoms with E-state index in [2.05, 4.69) is 37.9 Å². The van der Waals surface area contributed by atoms with Crippen molar-refractivity contribution in [1.29, 1.82) is 0 Å². The predicted molar refractivity (Wildman–Crippen MR) is 66.0 cm³/mol. The summed E-state index contributed by atoms with van der Waals surface area (Å²) in [6, 6.07) is 4.32. The van der Waals surface area contributed by atoms with Crippen LogP contribution in [0.15, 0.2) is 24.5 Å². The monoisotopic (exact) mass is 205 g/mol. The zero-order valence-corrected chi connectivity index (χ0v) is 10.3. The van der Waals surface area contributed by atoms with Gasteiger partial charge in [0.05, 0.1) is 0 Å². The van der Waals surface area contributed by atoms with Crippen LogP contribution in [0.1, 0.15) is 58.4 Å². The molecule has 0 amide bonds. The minimum atomic E-state index is 0.345. The fourth-order valence-electron chi connectivity index (χ4n) is 2.04. The maximum Gasteiger partial charge on any atom is 0.0270 e. The summed E-state index contributed by atoms with van der Waals surface area (Å²) in [6.07, 6.45) is 10.3. The van der Waals surface area contributed by atoms with Gasteiger partial charge in [-0.15, -0.1) is 0 Å². The largest absolute Gasteiger partial charge is 0.265 e. The van der Waals surface area contributed by atoms with E-state index in [0.717, 1.165) is 0 Å². The third kappa shape index (κ3) is 3.33. The Morgan fingerprint density at radius 3 is 2.33 bits per heavy atom. The van der Waals surface area contributed by atoms with Gasteiger partial charge in [0.1, 0.15) is 0 Å². The molecule has 1 atom stereocenters. The molecule has 0 spiro atoms. The van der Waals surface area contributed by atoms with Crippen LogP contribution in [-0.4, -0.2) is 4.98 Å². The SMILES string of the molecule is CCCCCC(C)(CC)c1ccncc1. The van der Waals surface area contributed by atoms with Gasteiger partial charge >= 0.3 is 0 Å². The molecule has 0 aromatic carbocycles. The summed E-state index contributed by atoms with van der Waals surface area (Å²) in [5, 5.41) is 0. The van der Waals surface area contributed by atoms with Gasteiger partial charge in [-0.05, 0) is 36.0 Å². The quantitative estimate of drug-likeness (QED) is 0.630. The van der Waals surface area contributed by atoms with E-state index in [0.29, 0.717) is 5.41 Å². The number of pyridine rings is 1. The number of hydrogen-bond acceptors (Lipinski definition) is 1. The van der Waals surface area contributed by atoms with Gasteiger partial charge in [-0.2, -0.15) is 0 Å². The van der Waals surface area contributed by atoms with Gasteiger partial charge in [0.2, 0.25) is 0 Å². The Hall–Kier alpha value is -0.850. The molecule has 0 bridgehead atoms. The Balaban J connectivity index is 2.67. The lowest BCUT2D eigenvalue weighted by Crippen LogP contribution is -2.20. The van der Waals surface area contributed by atoms with Gasteiger partial charge in [-0.1, -0.05) is 40.0 Å². The Morgan fingerprint density at radius 1 is 1.13 bits per heavy atom. The van der Waals surface area contributed by atoms with Crippen LogP contribution in [0.2, 0.25) is 0 Å². The second kappa shape index (κ2) is 5.89. The van der Waals surface area contributed by atoms with E-state index in [4.69, 9.17) is 0 Å². The highest BCUT2D eigenvalue weighted by Gasteiger charge is 2.23. The molecule has 1 unspecified atom stereocenters. The molecule has 0 aliphatic rings. The lowest BCUT2D eigenvalue weighted by atomic mass is 9.76. The highest BCUT2D eigenvalue weighted by molar-refractivity contribution is 5.21. The maximum atomic E-state index is 4.09. The molecule has 0 saturated carbocycles. The Labute approximate surface area is 93.9 Å². The first-order valence-electron chi connectivity index (χ1n) is 6.13. The summed E-state index contributed by atoms with van der Waals surface area (Å²) in [6.45, 7) is 6.92. The smallest absolute Gasteiger partial charge is 0.0270 e. The molecule has 0 radical (unpaired) electrons. The first-order valence-corrected chi connectivity index (χ1v) is 6.13. The summed E-state index contributed by atoms with van der Waals surface area (Å²) in [5.74, 6) is 0. The van der Waals surface area contributed by atoms with Crippen LogP contribution >= 0.6 is 0 Å². The molecule has 0 aliphatic carbocycles. The van der Waals surface area contributed by atoms with E-state index in [1.165, 1.54) is 37.7 Å². The first kappa shape index (κ1) is 12.2. The van der Waals surface area contributed by atoms with E-state index < -0.39 is 0 Å². The van der Waals surface area contributed by atoms with Crippen molar-refractivity contribution in [3.05, 3.63) is 30.1 Å². The van der Waals surface area contributed by atoms with Crippen LogP contribution in [0, 0.1) is 0 Å². The van der Waals surface area contributed by atoms with Crippen molar-refractivity contribution in [2.24, 2.45) is 0 Å². The van der Waals surface area contributed by atoms with E-state index in [1.54, 1.807) is 0 Å². The van der Waals surface area contributed by atoms with Crippen molar-refractivity contribution < 1.29 is 0 Å². The van der Waals surface area contributed by atoms with Crippen LogP contribution < -0.4 is 0 Å². The van der Waals surface area contributed by atoms with E-state index >= 15 is 0 Å². The lowest BCUT2D eigenvalue weighted by molar-refractivity contribution is 0.398. The average molecular weight is 205 g/mol. The highest BCUT2D eigenvalue weighted by atomic mass is 14.6. The molecule has 15 heavy (non-hydrogen) atoms. The topological polar surface area (TPSA) is 12.9 Å². The zero-order chi connectivity index (χ0) is 11.1. The van der Waals surface area contributed by atoms with Crippen LogP contribution in [0.5, 0.6) is 0 Å². The Kier molecular flexibility index (Phi) is 4.80. The van der Waals surface area contributed by atoms with Crippen LogP contribution in [0.3, 0.4) is 0 Å². The van der Waals surface area contributed by atoms with Gasteiger partial charge in [-0.3, -0.25) is 4.98 Å². The van der Waals surface area contributed by atoms with Crippen LogP contribution in [0.4, 0.5) is 0 Å². The van der Waals surface area contributed by atoms with Crippen molar-refractivity contribution in [1.82, 2.24) is 4.98 Å². The third-order valence-electron chi connectivity index (χ3n) is 3.49.